The van der Waals surface area contributed by atoms with Crippen LogP contribution in [0.25, 0.3) is 0 Å². The van der Waals surface area contributed by atoms with Gasteiger partial charge in [0.1, 0.15) is 0 Å². The van der Waals surface area contributed by atoms with Gasteiger partial charge in [0, 0.05) is 12.6 Å². The number of hydrogen-bond donors (Lipinski definition) is 1. The summed E-state index contributed by atoms with van der Waals surface area (Å²) in [6, 6.07) is 0.511. The van der Waals surface area contributed by atoms with Gasteiger partial charge in [0.05, 0.1) is 6.61 Å². The molecule has 15 heavy (non-hydrogen) atoms. The van der Waals surface area contributed by atoms with Crippen LogP contribution in [0.5, 0.6) is 0 Å². The van der Waals surface area contributed by atoms with Crippen LogP contribution in [-0.4, -0.2) is 25.8 Å². The van der Waals surface area contributed by atoms with Crippen molar-refractivity contribution >= 4 is 0 Å². The molecule has 0 saturated heterocycles. The van der Waals surface area contributed by atoms with Gasteiger partial charge >= 0.3 is 0 Å². The zero-order chi connectivity index (χ0) is 11.7. The zero-order valence-corrected chi connectivity index (χ0v) is 11.2. The predicted molar refractivity (Wildman–Crippen MR) is 67.2 cm³/mol. The fraction of sp³-hybridized carbons (Fsp3) is 1.00. The lowest BCUT2D eigenvalue weighted by molar-refractivity contribution is 0.108. The van der Waals surface area contributed by atoms with Gasteiger partial charge < -0.3 is 10.1 Å². The molecular formula is C13H29NO. The van der Waals surface area contributed by atoms with Crippen LogP contribution in [0.1, 0.15) is 47.5 Å². The molecule has 0 aromatic carbocycles. The van der Waals surface area contributed by atoms with Crippen molar-refractivity contribution in [2.75, 3.05) is 19.8 Å². The van der Waals surface area contributed by atoms with Crippen LogP contribution in [-0.2, 0) is 4.74 Å². The Labute approximate surface area is 95.8 Å². The van der Waals surface area contributed by atoms with Gasteiger partial charge in [-0.2, -0.15) is 0 Å². The van der Waals surface area contributed by atoms with Gasteiger partial charge in [-0.25, -0.2) is 0 Å². The van der Waals surface area contributed by atoms with E-state index in [4.69, 9.17) is 4.74 Å². The summed E-state index contributed by atoms with van der Waals surface area (Å²) in [6.45, 7) is 13.9. The number of ether oxygens (including phenoxy) is 1. The van der Waals surface area contributed by atoms with E-state index in [1.165, 1.54) is 12.8 Å². The Morgan fingerprint density at radius 1 is 1.13 bits per heavy atom. The summed E-state index contributed by atoms with van der Waals surface area (Å²) in [5, 5.41) is 3.58. The third-order valence-corrected chi connectivity index (χ3v) is 2.67. The van der Waals surface area contributed by atoms with Crippen LogP contribution in [0.2, 0.25) is 0 Å². The lowest BCUT2D eigenvalue weighted by Crippen LogP contribution is -2.38. The maximum Gasteiger partial charge on any atom is 0.0621 e. The Hall–Kier alpha value is -0.0800. The summed E-state index contributed by atoms with van der Waals surface area (Å²) >= 11 is 0. The number of hydrogen-bond acceptors (Lipinski definition) is 2. The first kappa shape index (κ1) is 14.9. The first-order valence-corrected chi connectivity index (χ1v) is 6.39. The van der Waals surface area contributed by atoms with E-state index >= 15 is 0 Å². The van der Waals surface area contributed by atoms with E-state index in [2.05, 4.69) is 39.9 Å². The van der Waals surface area contributed by atoms with Gasteiger partial charge in [-0.1, -0.05) is 27.7 Å². The molecule has 2 heteroatoms. The molecule has 0 aliphatic carbocycles. The van der Waals surface area contributed by atoms with Crippen molar-refractivity contribution in [3.8, 4) is 0 Å². The molecule has 0 bridgehead atoms. The minimum Gasteiger partial charge on any atom is -0.380 e. The maximum atomic E-state index is 5.47. The highest BCUT2D eigenvalue weighted by molar-refractivity contribution is 4.69. The SMILES string of the molecule is CCOCC(NCCCC(C)C)C(C)C. The van der Waals surface area contributed by atoms with E-state index in [1.807, 2.05) is 0 Å². The highest BCUT2D eigenvalue weighted by Crippen LogP contribution is 2.05. The van der Waals surface area contributed by atoms with E-state index in [0.29, 0.717) is 12.0 Å². The smallest absolute Gasteiger partial charge is 0.0621 e. The minimum absolute atomic E-state index is 0.511. The Bertz CT molecular complexity index is 134. The molecule has 0 rings (SSSR count). The third kappa shape index (κ3) is 8.88. The normalized spacial score (nSPS) is 13.8. The van der Waals surface area contributed by atoms with Gasteiger partial charge in [-0.05, 0) is 38.1 Å². The third-order valence-electron chi connectivity index (χ3n) is 2.67. The molecule has 0 aromatic rings. The summed E-state index contributed by atoms with van der Waals surface area (Å²) in [5.41, 5.74) is 0. The minimum atomic E-state index is 0.511. The number of rotatable bonds is 9. The van der Waals surface area contributed by atoms with Crippen molar-refractivity contribution in [1.82, 2.24) is 5.32 Å². The molecule has 0 aliphatic rings. The lowest BCUT2D eigenvalue weighted by Gasteiger charge is -2.22. The molecule has 0 radical (unpaired) electrons. The average Bonchev–Trinajstić information content (AvgIpc) is 2.15. The largest absolute Gasteiger partial charge is 0.380 e. The maximum absolute atomic E-state index is 5.47. The van der Waals surface area contributed by atoms with Crippen LogP contribution in [0.3, 0.4) is 0 Å². The molecule has 1 atom stereocenters. The molecule has 0 aromatic heterocycles. The quantitative estimate of drug-likeness (QED) is 0.597. The molecular weight excluding hydrogens is 186 g/mol. The molecule has 0 spiro atoms. The highest BCUT2D eigenvalue weighted by atomic mass is 16.5. The number of nitrogens with one attached hydrogen (secondary N) is 1. The van der Waals surface area contributed by atoms with Gasteiger partial charge in [-0.3, -0.25) is 0 Å². The summed E-state index contributed by atoms with van der Waals surface area (Å²) in [5.74, 6) is 1.46. The highest BCUT2D eigenvalue weighted by Gasteiger charge is 2.11. The molecule has 2 nitrogen and oxygen atoms in total. The molecule has 0 heterocycles. The van der Waals surface area contributed by atoms with Crippen molar-refractivity contribution < 1.29 is 4.74 Å². The second-order valence-electron chi connectivity index (χ2n) is 5.00. The second-order valence-corrected chi connectivity index (χ2v) is 5.00. The summed E-state index contributed by atoms with van der Waals surface area (Å²) in [4.78, 5) is 0. The van der Waals surface area contributed by atoms with Crippen molar-refractivity contribution in [3.05, 3.63) is 0 Å². The molecule has 1 N–H and O–H groups in total. The Balaban J connectivity index is 3.57. The van der Waals surface area contributed by atoms with E-state index in [-0.39, 0.29) is 0 Å². The van der Waals surface area contributed by atoms with E-state index in [9.17, 15) is 0 Å². The molecule has 0 saturated carbocycles. The molecule has 1 unspecified atom stereocenters. The van der Waals surface area contributed by atoms with Gasteiger partial charge in [0.2, 0.25) is 0 Å². The first-order chi connectivity index (χ1) is 7.07. The van der Waals surface area contributed by atoms with Crippen molar-refractivity contribution in [2.24, 2.45) is 11.8 Å². The second kappa shape index (κ2) is 9.17. The average molecular weight is 215 g/mol. The van der Waals surface area contributed by atoms with Crippen LogP contribution in [0.4, 0.5) is 0 Å². The molecule has 0 aliphatic heterocycles. The summed E-state index contributed by atoms with van der Waals surface area (Å²) in [7, 11) is 0. The standard InChI is InChI=1S/C13H29NO/c1-6-15-10-13(12(4)5)14-9-7-8-11(2)3/h11-14H,6-10H2,1-5H3. The molecule has 0 fully saturated rings. The van der Waals surface area contributed by atoms with Crippen LogP contribution >= 0.6 is 0 Å². The Kier molecular flexibility index (Phi) is 9.12. The fourth-order valence-corrected chi connectivity index (χ4v) is 1.53. The predicted octanol–water partition coefficient (Wildman–Crippen LogP) is 3.07. The monoisotopic (exact) mass is 215 g/mol. The van der Waals surface area contributed by atoms with Gasteiger partial charge in [0.15, 0.2) is 0 Å². The van der Waals surface area contributed by atoms with Crippen molar-refractivity contribution in [3.63, 3.8) is 0 Å². The van der Waals surface area contributed by atoms with Crippen LogP contribution < -0.4 is 5.32 Å². The van der Waals surface area contributed by atoms with Crippen molar-refractivity contribution in [2.45, 2.75) is 53.5 Å². The fourth-order valence-electron chi connectivity index (χ4n) is 1.53. The van der Waals surface area contributed by atoms with Crippen molar-refractivity contribution in [1.29, 1.82) is 0 Å². The van der Waals surface area contributed by atoms with Gasteiger partial charge in [-0.15, -0.1) is 0 Å². The van der Waals surface area contributed by atoms with E-state index in [0.717, 1.165) is 25.7 Å². The summed E-state index contributed by atoms with van der Waals surface area (Å²) < 4.78 is 5.47. The first-order valence-electron chi connectivity index (χ1n) is 6.39. The Morgan fingerprint density at radius 3 is 2.27 bits per heavy atom. The van der Waals surface area contributed by atoms with E-state index in [1.54, 1.807) is 0 Å². The summed E-state index contributed by atoms with van der Waals surface area (Å²) in [6.07, 6.45) is 2.58. The van der Waals surface area contributed by atoms with Gasteiger partial charge in [0.25, 0.3) is 0 Å². The van der Waals surface area contributed by atoms with E-state index < -0.39 is 0 Å². The molecule has 0 amide bonds. The lowest BCUT2D eigenvalue weighted by atomic mass is 10.0. The van der Waals surface area contributed by atoms with Crippen LogP contribution in [0.15, 0.2) is 0 Å². The zero-order valence-electron chi connectivity index (χ0n) is 11.2. The Morgan fingerprint density at radius 2 is 1.80 bits per heavy atom. The topological polar surface area (TPSA) is 21.3 Å². The molecule has 92 valence electrons. The van der Waals surface area contributed by atoms with Crippen LogP contribution in [0, 0.1) is 11.8 Å².